The molecular weight excluding hydrogens is 330 g/mol. The van der Waals surface area contributed by atoms with Crippen LogP contribution in [0, 0.1) is 6.92 Å². The third-order valence-corrected chi connectivity index (χ3v) is 5.02. The molecule has 8 nitrogen and oxygen atoms in total. The minimum atomic E-state index is 0.444. The van der Waals surface area contributed by atoms with Crippen LogP contribution in [0.3, 0.4) is 0 Å². The van der Waals surface area contributed by atoms with E-state index >= 15 is 0 Å². The Labute approximate surface area is 148 Å². The van der Waals surface area contributed by atoms with Crippen LogP contribution in [0.1, 0.15) is 35.8 Å². The van der Waals surface area contributed by atoms with Gasteiger partial charge in [0.15, 0.2) is 17.3 Å². The average molecular weight is 345 g/mol. The van der Waals surface area contributed by atoms with Gasteiger partial charge in [0.2, 0.25) is 0 Å². The first kappa shape index (κ1) is 13.9. The number of hydrogen-bond acceptors (Lipinski definition) is 6. The summed E-state index contributed by atoms with van der Waals surface area (Å²) in [6.07, 6.45) is 5.67. The Kier molecular flexibility index (Phi) is 2.61. The van der Waals surface area contributed by atoms with Crippen molar-refractivity contribution in [2.24, 2.45) is 0 Å². The van der Waals surface area contributed by atoms with Crippen molar-refractivity contribution in [3.8, 4) is 28.7 Å². The first-order valence-electron chi connectivity index (χ1n) is 8.67. The second-order valence-electron chi connectivity index (χ2n) is 6.90. The van der Waals surface area contributed by atoms with E-state index < -0.39 is 0 Å². The predicted molar refractivity (Wildman–Crippen MR) is 91.7 cm³/mol. The summed E-state index contributed by atoms with van der Waals surface area (Å²) in [4.78, 5) is 13.6. The summed E-state index contributed by atoms with van der Waals surface area (Å²) in [6, 6.07) is 6.31. The van der Waals surface area contributed by atoms with E-state index in [9.17, 15) is 0 Å². The van der Waals surface area contributed by atoms with Gasteiger partial charge in [-0.15, -0.1) is 0 Å². The molecule has 26 heavy (non-hydrogen) atoms. The van der Waals surface area contributed by atoms with E-state index in [-0.39, 0.29) is 0 Å². The smallest absolute Gasteiger partial charge is 0.278 e. The normalized spacial score (nSPS) is 15.3. The van der Waals surface area contributed by atoms with E-state index in [4.69, 9.17) is 4.52 Å². The first-order valence-corrected chi connectivity index (χ1v) is 8.67. The fourth-order valence-electron chi connectivity index (χ4n) is 3.52. The van der Waals surface area contributed by atoms with E-state index in [1.165, 1.54) is 5.56 Å². The van der Waals surface area contributed by atoms with Crippen molar-refractivity contribution >= 4 is 0 Å². The summed E-state index contributed by atoms with van der Waals surface area (Å²) in [5, 5.41) is 8.53. The van der Waals surface area contributed by atoms with E-state index in [0.717, 1.165) is 41.4 Å². The number of imidazole rings is 1. The quantitative estimate of drug-likeness (QED) is 0.489. The summed E-state index contributed by atoms with van der Waals surface area (Å²) in [5.41, 5.74) is 4.91. The van der Waals surface area contributed by atoms with Crippen LogP contribution in [-0.4, -0.2) is 34.5 Å². The fourth-order valence-corrected chi connectivity index (χ4v) is 3.52. The molecule has 128 valence electrons. The molecule has 0 radical (unpaired) electrons. The maximum absolute atomic E-state index is 5.51. The second-order valence-corrected chi connectivity index (χ2v) is 6.90. The van der Waals surface area contributed by atoms with Crippen LogP contribution in [-0.2, 0) is 6.54 Å². The molecule has 0 N–H and O–H groups in total. The van der Waals surface area contributed by atoms with Crippen molar-refractivity contribution in [2.75, 3.05) is 0 Å². The summed E-state index contributed by atoms with van der Waals surface area (Å²) in [7, 11) is 0. The lowest BCUT2D eigenvalue weighted by Crippen LogP contribution is -2.05. The molecule has 8 heteroatoms. The van der Waals surface area contributed by atoms with Gasteiger partial charge in [0.25, 0.3) is 5.89 Å². The molecule has 4 aromatic rings. The topological polar surface area (TPSA) is 87.4 Å². The average Bonchev–Trinajstić information content (AvgIpc) is 3.06. The summed E-state index contributed by atoms with van der Waals surface area (Å²) in [6.45, 7) is 2.61. The summed E-state index contributed by atoms with van der Waals surface area (Å²) in [5.74, 6) is 2.55. The van der Waals surface area contributed by atoms with E-state index in [1.54, 1.807) is 6.33 Å². The lowest BCUT2D eigenvalue weighted by Gasteiger charge is -2.09. The van der Waals surface area contributed by atoms with Crippen molar-refractivity contribution < 1.29 is 4.52 Å². The minimum Gasteiger partial charge on any atom is -0.332 e. The zero-order chi connectivity index (χ0) is 17.3. The van der Waals surface area contributed by atoms with Crippen LogP contribution in [0.4, 0.5) is 0 Å². The van der Waals surface area contributed by atoms with Gasteiger partial charge < -0.3 is 4.52 Å². The van der Waals surface area contributed by atoms with E-state index in [0.29, 0.717) is 24.0 Å². The van der Waals surface area contributed by atoms with Gasteiger partial charge in [-0.25, -0.2) is 14.6 Å². The number of aromatic nitrogens is 7. The number of aryl methyl sites for hydroxylation is 1. The molecule has 4 heterocycles. The highest BCUT2D eigenvalue weighted by Crippen LogP contribution is 2.39. The Bertz CT molecular complexity index is 1150. The Morgan fingerprint density at radius 1 is 1.19 bits per heavy atom. The van der Waals surface area contributed by atoms with Gasteiger partial charge in [0.05, 0.1) is 17.9 Å². The van der Waals surface area contributed by atoms with Crippen molar-refractivity contribution in [1.29, 1.82) is 0 Å². The highest BCUT2D eigenvalue weighted by atomic mass is 16.5. The number of hydrogen-bond donors (Lipinski definition) is 0. The van der Waals surface area contributed by atoms with Gasteiger partial charge in [0, 0.05) is 11.5 Å². The third kappa shape index (κ3) is 1.92. The lowest BCUT2D eigenvalue weighted by atomic mass is 10.1. The molecule has 1 aromatic carbocycles. The minimum absolute atomic E-state index is 0.444. The Morgan fingerprint density at radius 3 is 3.00 bits per heavy atom. The van der Waals surface area contributed by atoms with Gasteiger partial charge >= 0.3 is 0 Å². The largest absolute Gasteiger partial charge is 0.332 e. The maximum Gasteiger partial charge on any atom is 0.278 e. The predicted octanol–water partition coefficient (Wildman–Crippen LogP) is 2.73. The number of rotatable bonds is 2. The number of benzene rings is 1. The zero-order valence-electron chi connectivity index (χ0n) is 14.1. The van der Waals surface area contributed by atoms with Gasteiger partial charge in [-0.1, -0.05) is 16.8 Å². The Balaban J connectivity index is 1.57. The fraction of sp³-hybridized carbons (Fsp3) is 0.278. The molecule has 0 spiro atoms. The van der Waals surface area contributed by atoms with Crippen LogP contribution in [0.25, 0.3) is 28.7 Å². The number of fused-ring (bicyclic) bond motifs is 5. The Morgan fingerprint density at radius 2 is 2.12 bits per heavy atom. The molecule has 0 unspecified atom stereocenters. The van der Waals surface area contributed by atoms with Gasteiger partial charge in [-0.05, 0) is 31.9 Å². The molecule has 2 aliphatic rings. The van der Waals surface area contributed by atoms with Gasteiger partial charge in [0.1, 0.15) is 12.7 Å². The monoisotopic (exact) mass is 345 g/mol. The van der Waals surface area contributed by atoms with Crippen LogP contribution in [0.15, 0.2) is 35.4 Å². The van der Waals surface area contributed by atoms with E-state index in [2.05, 4.69) is 54.9 Å². The maximum atomic E-state index is 5.51. The summed E-state index contributed by atoms with van der Waals surface area (Å²) < 4.78 is 9.47. The van der Waals surface area contributed by atoms with Crippen molar-refractivity contribution in [3.05, 3.63) is 47.9 Å². The molecule has 3 aromatic heterocycles. The summed E-state index contributed by atoms with van der Waals surface area (Å²) >= 11 is 0. The molecule has 1 fully saturated rings. The number of nitrogens with zero attached hydrogens (tertiary/aromatic N) is 7. The molecule has 0 atom stereocenters. The SMILES string of the molecule is Cc1ccc2c(c1)-c1ncnn1Cc1c(-c3nc(C4CC4)no3)ncn1-2. The molecule has 0 amide bonds. The molecule has 1 saturated carbocycles. The highest BCUT2D eigenvalue weighted by Gasteiger charge is 2.31. The second kappa shape index (κ2) is 4.87. The zero-order valence-corrected chi connectivity index (χ0v) is 14.1. The van der Waals surface area contributed by atoms with Crippen LogP contribution in [0.2, 0.25) is 0 Å². The van der Waals surface area contributed by atoms with Crippen molar-refractivity contribution in [2.45, 2.75) is 32.2 Å². The standard InChI is InChI=1S/C18H15N7O/c1-10-2-5-13-12(6-10)17-19-8-21-25(17)7-14-15(20-9-24(13)14)18-22-16(23-26-18)11-3-4-11/h2,5-6,8-9,11H,3-4,7H2,1H3. The first-order chi connectivity index (χ1) is 12.8. The molecule has 0 bridgehead atoms. The molecule has 1 aliphatic heterocycles. The van der Waals surface area contributed by atoms with Gasteiger partial charge in [-0.3, -0.25) is 4.57 Å². The molecule has 1 aliphatic carbocycles. The van der Waals surface area contributed by atoms with Crippen LogP contribution in [0.5, 0.6) is 0 Å². The van der Waals surface area contributed by atoms with Crippen LogP contribution >= 0.6 is 0 Å². The molecular formula is C18H15N7O. The van der Waals surface area contributed by atoms with Crippen LogP contribution < -0.4 is 0 Å². The lowest BCUT2D eigenvalue weighted by molar-refractivity contribution is 0.421. The van der Waals surface area contributed by atoms with E-state index in [1.807, 2.05) is 11.0 Å². The van der Waals surface area contributed by atoms with Crippen molar-refractivity contribution in [3.63, 3.8) is 0 Å². The van der Waals surface area contributed by atoms with Gasteiger partial charge in [-0.2, -0.15) is 10.1 Å². The Hall–Kier alpha value is -3.29. The highest BCUT2D eigenvalue weighted by molar-refractivity contribution is 5.71. The molecule has 0 saturated heterocycles. The van der Waals surface area contributed by atoms with Crippen molar-refractivity contribution in [1.82, 2.24) is 34.5 Å². The third-order valence-electron chi connectivity index (χ3n) is 5.02. The molecule has 6 rings (SSSR count).